The van der Waals surface area contributed by atoms with Crippen LogP contribution in [-0.4, -0.2) is 61.3 Å². The molecule has 1 aromatic rings. The van der Waals surface area contributed by atoms with E-state index in [-0.39, 0.29) is 22.8 Å². The molecule has 1 saturated heterocycles. The highest BCUT2D eigenvalue weighted by molar-refractivity contribution is 7.91. The van der Waals surface area contributed by atoms with Crippen LogP contribution < -0.4 is 0 Å². The number of nitrogens with zero attached hydrogens (tertiary/aromatic N) is 2. The van der Waals surface area contributed by atoms with Gasteiger partial charge >= 0.3 is 5.97 Å². The van der Waals surface area contributed by atoms with Crippen molar-refractivity contribution in [3.8, 4) is 0 Å². The molecule has 0 bridgehead atoms. The molecule has 0 spiro atoms. The van der Waals surface area contributed by atoms with Gasteiger partial charge in [-0.15, -0.1) is 0 Å². The molecule has 1 heterocycles. The Labute approximate surface area is 144 Å². The first-order valence-electron chi connectivity index (χ1n) is 7.49. The minimum atomic E-state index is -3.14. The summed E-state index contributed by atoms with van der Waals surface area (Å²) in [4.78, 5) is 35.8. The average molecular weight is 370 g/mol. The second-order valence-electron chi connectivity index (χ2n) is 5.87. The summed E-state index contributed by atoms with van der Waals surface area (Å²) >= 11 is 0. The molecule has 136 valence electrons. The first kappa shape index (κ1) is 18.8. The van der Waals surface area contributed by atoms with E-state index in [4.69, 9.17) is 4.74 Å². The smallest absolute Gasteiger partial charge is 0.345 e. The van der Waals surface area contributed by atoms with Gasteiger partial charge in [0.1, 0.15) is 5.56 Å². The van der Waals surface area contributed by atoms with E-state index >= 15 is 0 Å². The Hall–Kier alpha value is -2.49. The fourth-order valence-electron chi connectivity index (χ4n) is 2.66. The summed E-state index contributed by atoms with van der Waals surface area (Å²) in [5.74, 6) is -1.64. The number of rotatable bonds is 5. The Balaban J connectivity index is 2.02. The van der Waals surface area contributed by atoms with E-state index in [0.29, 0.717) is 12.0 Å². The van der Waals surface area contributed by atoms with E-state index in [0.717, 1.165) is 0 Å². The van der Waals surface area contributed by atoms with Crippen LogP contribution in [0, 0.1) is 17.0 Å². The summed E-state index contributed by atoms with van der Waals surface area (Å²) in [7, 11) is -1.70. The zero-order valence-corrected chi connectivity index (χ0v) is 14.6. The fraction of sp³-hybridized carbons (Fsp3) is 0.467. The molecule has 1 aromatic carbocycles. The zero-order chi connectivity index (χ0) is 18.8. The molecule has 9 nitrogen and oxygen atoms in total. The highest BCUT2D eigenvalue weighted by Gasteiger charge is 2.33. The number of aryl methyl sites for hydroxylation is 1. The maximum atomic E-state index is 12.1. The number of amides is 1. The predicted octanol–water partition coefficient (Wildman–Crippen LogP) is 0.706. The number of carbonyl (C=O) groups is 2. The standard InChI is InChI=1S/C15H18N2O7S/c1-10-4-3-5-12(14(10)17(20)21)15(19)24-8-13(18)16(2)11-6-7-25(22,23)9-11/h3-5,11H,6-9H2,1-2H3/t11-/m1/s1. The van der Waals surface area contributed by atoms with E-state index in [2.05, 4.69) is 0 Å². The lowest BCUT2D eigenvalue weighted by Crippen LogP contribution is -2.40. The molecular weight excluding hydrogens is 352 g/mol. The summed E-state index contributed by atoms with van der Waals surface area (Å²) < 4.78 is 27.8. The van der Waals surface area contributed by atoms with Crippen molar-refractivity contribution in [1.29, 1.82) is 0 Å². The lowest BCUT2D eigenvalue weighted by atomic mass is 10.1. The number of likely N-dealkylation sites (N-methyl/N-ethyl adjacent to an activating group) is 1. The molecule has 1 aliphatic rings. The number of hydrogen-bond acceptors (Lipinski definition) is 7. The molecular formula is C15H18N2O7S. The molecule has 0 aromatic heterocycles. The van der Waals surface area contributed by atoms with E-state index in [1.165, 1.54) is 37.1 Å². The van der Waals surface area contributed by atoms with Gasteiger partial charge in [0.05, 0.1) is 16.4 Å². The van der Waals surface area contributed by atoms with Gasteiger partial charge in [-0.1, -0.05) is 12.1 Å². The van der Waals surface area contributed by atoms with Crippen LogP contribution in [0.25, 0.3) is 0 Å². The van der Waals surface area contributed by atoms with Crippen LogP contribution in [0.1, 0.15) is 22.3 Å². The molecule has 2 rings (SSSR count). The van der Waals surface area contributed by atoms with Crippen molar-refractivity contribution < 1.29 is 27.7 Å². The Morgan fingerprint density at radius 1 is 1.40 bits per heavy atom. The summed E-state index contributed by atoms with van der Waals surface area (Å²) in [5, 5.41) is 11.1. The van der Waals surface area contributed by atoms with Gasteiger partial charge in [0, 0.05) is 18.7 Å². The molecule has 0 aliphatic carbocycles. The molecule has 1 amide bonds. The number of nitro groups is 1. The van der Waals surface area contributed by atoms with Gasteiger partial charge in [-0.25, -0.2) is 13.2 Å². The second-order valence-corrected chi connectivity index (χ2v) is 8.09. The van der Waals surface area contributed by atoms with Gasteiger partial charge in [-0.3, -0.25) is 14.9 Å². The van der Waals surface area contributed by atoms with Gasteiger partial charge in [-0.05, 0) is 19.4 Å². The van der Waals surface area contributed by atoms with Crippen molar-refractivity contribution >= 4 is 27.4 Å². The van der Waals surface area contributed by atoms with Crippen molar-refractivity contribution in [2.75, 3.05) is 25.2 Å². The van der Waals surface area contributed by atoms with Crippen molar-refractivity contribution in [2.45, 2.75) is 19.4 Å². The number of carbonyl (C=O) groups excluding carboxylic acids is 2. The minimum Gasteiger partial charge on any atom is -0.452 e. The van der Waals surface area contributed by atoms with E-state index in [1.54, 1.807) is 0 Å². The van der Waals surface area contributed by atoms with Crippen LogP contribution >= 0.6 is 0 Å². The van der Waals surface area contributed by atoms with Crippen LogP contribution in [0.4, 0.5) is 5.69 Å². The van der Waals surface area contributed by atoms with Crippen LogP contribution in [-0.2, 0) is 19.4 Å². The van der Waals surface area contributed by atoms with Gasteiger partial charge in [0.2, 0.25) is 0 Å². The number of esters is 1. The number of ether oxygens (including phenoxy) is 1. The summed E-state index contributed by atoms with van der Waals surface area (Å²) in [5.41, 5.74) is -0.293. The monoisotopic (exact) mass is 370 g/mol. The molecule has 0 unspecified atom stereocenters. The molecule has 10 heteroatoms. The molecule has 0 N–H and O–H groups in total. The number of hydrogen-bond donors (Lipinski definition) is 0. The van der Waals surface area contributed by atoms with E-state index < -0.39 is 39.3 Å². The van der Waals surface area contributed by atoms with Gasteiger partial charge in [0.15, 0.2) is 16.4 Å². The first-order chi connectivity index (χ1) is 11.6. The Kier molecular flexibility index (Phi) is 5.41. The maximum absolute atomic E-state index is 12.1. The molecule has 0 saturated carbocycles. The topological polar surface area (TPSA) is 124 Å². The lowest BCUT2D eigenvalue weighted by Gasteiger charge is -2.23. The third-order valence-electron chi connectivity index (χ3n) is 4.12. The quantitative estimate of drug-likeness (QED) is 0.424. The number of nitro benzene ring substituents is 1. The third kappa shape index (κ3) is 4.32. The van der Waals surface area contributed by atoms with Crippen LogP contribution in [0.5, 0.6) is 0 Å². The molecule has 25 heavy (non-hydrogen) atoms. The summed E-state index contributed by atoms with van der Waals surface area (Å²) in [6.07, 6.45) is 0.335. The number of para-hydroxylation sites is 1. The van der Waals surface area contributed by atoms with Crippen molar-refractivity contribution in [1.82, 2.24) is 4.90 Å². The first-order valence-corrected chi connectivity index (χ1v) is 9.31. The van der Waals surface area contributed by atoms with Gasteiger partial charge in [-0.2, -0.15) is 0 Å². The molecule has 1 fully saturated rings. The van der Waals surface area contributed by atoms with Crippen LogP contribution in [0.3, 0.4) is 0 Å². The highest BCUT2D eigenvalue weighted by atomic mass is 32.2. The number of benzene rings is 1. The predicted molar refractivity (Wildman–Crippen MR) is 87.9 cm³/mol. The maximum Gasteiger partial charge on any atom is 0.345 e. The normalized spacial score (nSPS) is 18.6. The second kappa shape index (κ2) is 7.18. The largest absolute Gasteiger partial charge is 0.452 e. The Morgan fingerprint density at radius 2 is 2.08 bits per heavy atom. The molecule has 1 atom stereocenters. The Morgan fingerprint density at radius 3 is 2.64 bits per heavy atom. The zero-order valence-electron chi connectivity index (χ0n) is 13.8. The minimum absolute atomic E-state index is 0.0184. The van der Waals surface area contributed by atoms with Crippen molar-refractivity contribution in [3.63, 3.8) is 0 Å². The highest BCUT2D eigenvalue weighted by Crippen LogP contribution is 2.24. The van der Waals surface area contributed by atoms with Crippen molar-refractivity contribution in [3.05, 3.63) is 39.4 Å². The molecule has 1 aliphatic heterocycles. The van der Waals surface area contributed by atoms with E-state index in [1.807, 2.05) is 0 Å². The lowest BCUT2D eigenvalue weighted by molar-refractivity contribution is -0.385. The summed E-state index contributed by atoms with van der Waals surface area (Å²) in [6.45, 7) is 0.880. The van der Waals surface area contributed by atoms with E-state index in [9.17, 15) is 28.1 Å². The van der Waals surface area contributed by atoms with Gasteiger partial charge < -0.3 is 9.64 Å². The van der Waals surface area contributed by atoms with Gasteiger partial charge in [0.25, 0.3) is 11.6 Å². The third-order valence-corrected chi connectivity index (χ3v) is 5.87. The average Bonchev–Trinajstić information content (AvgIpc) is 2.90. The molecule has 0 radical (unpaired) electrons. The fourth-order valence-corrected chi connectivity index (χ4v) is 4.43. The van der Waals surface area contributed by atoms with Crippen LogP contribution in [0.2, 0.25) is 0 Å². The van der Waals surface area contributed by atoms with Crippen LogP contribution in [0.15, 0.2) is 18.2 Å². The number of sulfone groups is 1. The SMILES string of the molecule is Cc1cccc(C(=O)OCC(=O)N(C)[C@@H]2CCS(=O)(=O)C2)c1[N+](=O)[O-]. The summed E-state index contributed by atoms with van der Waals surface area (Å²) in [6, 6.07) is 3.78. The Bertz CT molecular complexity index is 819. The van der Waals surface area contributed by atoms with Crippen molar-refractivity contribution in [2.24, 2.45) is 0 Å².